The fourth-order valence-electron chi connectivity index (χ4n) is 1.41. The van der Waals surface area contributed by atoms with Crippen LogP contribution in [0.5, 0.6) is 0 Å². The first kappa shape index (κ1) is 14.8. The highest BCUT2D eigenvalue weighted by Crippen LogP contribution is 2.19. The predicted molar refractivity (Wildman–Crippen MR) is 72.4 cm³/mol. The lowest BCUT2D eigenvalue weighted by Crippen LogP contribution is -2.41. The van der Waals surface area contributed by atoms with E-state index in [1.54, 1.807) is 6.07 Å². The molecule has 0 saturated heterocycles. The van der Waals surface area contributed by atoms with Crippen molar-refractivity contribution in [1.29, 1.82) is 0 Å². The number of hydrogen-bond acceptors (Lipinski definition) is 2. The molecule has 0 aliphatic rings. The number of hydrogen-bond donors (Lipinski definition) is 2. The number of nitrogens with one attached hydrogen (secondary N) is 2. The Balaban J connectivity index is 2.38. The number of halogens is 2. The van der Waals surface area contributed by atoms with Gasteiger partial charge in [-0.25, -0.2) is 4.39 Å². The van der Waals surface area contributed by atoms with Crippen LogP contribution in [0.1, 0.15) is 27.2 Å². The number of amides is 1. The first-order valence-electron chi connectivity index (χ1n) is 5.78. The highest BCUT2D eigenvalue weighted by Gasteiger charge is 2.12. The summed E-state index contributed by atoms with van der Waals surface area (Å²) in [6.07, 6.45) is 0.353. The molecule has 0 aliphatic heterocycles. The normalized spacial score (nSPS) is 11.2. The minimum Gasteiger partial charge on any atom is -0.384 e. The molecule has 0 atom stereocenters. The van der Waals surface area contributed by atoms with Crippen molar-refractivity contribution >= 4 is 23.2 Å². The summed E-state index contributed by atoms with van der Waals surface area (Å²) in [5.74, 6) is -0.476. The summed E-state index contributed by atoms with van der Waals surface area (Å²) in [5.41, 5.74) is 0.473. The zero-order chi connectivity index (χ0) is 13.8. The Hall–Kier alpha value is -1.29. The summed E-state index contributed by atoms with van der Waals surface area (Å²) >= 11 is 5.65. The van der Waals surface area contributed by atoms with E-state index >= 15 is 0 Å². The standard InChI is InChI=1S/C13H18ClFN2O/c1-13(2,3)17-12(18)6-7-16-9-4-5-11(15)10(14)8-9/h4-5,8,16H,6-7H2,1-3H3,(H,17,18). The molecule has 3 nitrogen and oxygen atoms in total. The molecule has 0 saturated carbocycles. The smallest absolute Gasteiger partial charge is 0.222 e. The molecule has 0 fully saturated rings. The summed E-state index contributed by atoms with van der Waals surface area (Å²) in [6.45, 7) is 6.26. The third-order valence-electron chi connectivity index (χ3n) is 2.12. The van der Waals surface area contributed by atoms with E-state index in [-0.39, 0.29) is 16.5 Å². The van der Waals surface area contributed by atoms with E-state index in [0.717, 1.165) is 0 Å². The van der Waals surface area contributed by atoms with Gasteiger partial charge >= 0.3 is 0 Å². The first-order valence-corrected chi connectivity index (χ1v) is 6.16. The van der Waals surface area contributed by atoms with Crippen molar-refractivity contribution in [1.82, 2.24) is 5.32 Å². The molecule has 1 aromatic rings. The second-order valence-corrected chi connectivity index (χ2v) is 5.51. The molecule has 0 unspecified atom stereocenters. The Bertz CT molecular complexity index is 429. The van der Waals surface area contributed by atoms with Gasteiger partial charge in [-0.2, -0.15) is 0 Å². The molecular formula is C13H18ClFN2O. The van der Waals surface area contributed by atoms with E-state index < -0.39 is 5.82 Å². The first-order chi connectivity index (χ1) is 8.28. The van der Waals surface area contributed by atoms with E-state index in [1.165, 1.54) is 12.1 Å². The molecule has 1 amide bonds. The maximum absolute atomic E-state index is 12.9. The van der Waals surface area contributed by atoms with Crippen LogP contribution < -0.4 is 10.6 Å². The third kappa shape index (κ3) is 5.36. The van der Waals surface area contributed by atoms with Crippen molar-refractivity contribution in [3.8, 4) is 0 Å². The molecule has 0 aliphatic carbocycles. The van der Waals surface area contributed by atoms with Crippen LogP contribution in [0, 0.1) is 5.82 Å². The van der Waals surface area contributed by atoms with Crippen LogP contribution >= 0.6 is 11.6 Å². The fraction of sp³-hybridized carbons (Fsp3) is 0.462. The number of benzene rings is 1. The van der Waals surface area contributed by atoms with Gasteiger partial charge in [0.15, 0.2) is 0 Å². The summed E-state index contributed by atoms with van der Waals surface area (Å²) in [6, 6.07) is 4.38. The Morgan fingerprint density at radius 3 is 2.61 bits per heavy atom. The zero-order valence-electron chi connectivity index (χ0n) is 10.8. The lowest BCUT2D eigenvalue weighted by molar-refractivity contribution is -0.122. The highest BCUT2D eigenvalue weighted by molar-refractivity contribution is 6.31. The molecule has 0 aromatic heterocycles. The lowest BCUT2D eigenvalue weighted by Gasteiger charge is -2.20. The SMILES string of the molecule is CC(C)(C)NC(=O)CCNc1ccc(F)c(Cl)c1. The Morgan fingerprint density at radius 2 is 2.06 bits per heavy atom. The van der Waals surface area contributed by atoms with Crippen LogP contribution in [0.3, 0.4) is 0 Å². The maximum Gasteiger partial charge on any atom is 0.222 e. The molecule has 0 heterocycles. The molecular weight excluding hydrogens is 255 g/mol. The molecule has 18 heavy (non-hydrogen) atoms. The van der Waals surface area contributed by atoms with Crippen LogP contribution in [0.4, 0.5) is 10.1 Å². The molecule has 0 radical (unpaired) electrons. The van der Waals surface area contributed by atoms with Crippen LogP contribution in [0.2, 0.25) is 5.02 Å². The molecule has 1 rings (SSSR count). The van der Waals surface area contributed by atoms with Gasteiger partial charge in [-0.1, -0.05) is 11.6 Å². The minimum atomic E-state index is -0.451. The number of rotatable bonds is 4. The maximum atomic E-state index is 12.9. The average Bonchev–Trinajstić information content (AvgIpc) is 2.20. The van der Waals surface area contributed by atoms with Gasteiger partial charge in [-0.15, -0.1) is 0 Å². The average molecular weight is 273 g/mol. The fourth-order valence-corrected chi connectivity index (χ4v) is 1.59. The predicted octanol–water partition coefficient (Wildman–Crippen LogP) is 3.20. The van der Waals surface area contributed by atoms with Gasteiger partial charge in [0.1, 0.15) is 5.82 Å². The third-order valence-corrected chi connectivity index (χ3v) is 2.40. The minimum absolute atomic E-state index is 0.0248. The van der Waals surface area contributed by atoms with Crippen molar-refractivity contribution in [3.05, 3.63) is 29.0 Å². The Labute approximate surface area is 112 Å². The van der Waals surface area contributed by atoms with E-state index in [4.69, 9.17) is 11.6 Å². The Kier molecular flexibility index (Phi) is 4.96. The van der Waals surface area contributed by atoms with Gasteiger partial charge in [-0.05, 0) is 39.0 Å². The molecule has 5 heteroatoms. The van der Waals surface area contributed by atoms with Crippen molar-refractivity contribution in [2.24, 2.45) is 0 Å². The summed E-state index contributed by atoms with van der Waals surface area (Å²) in [7, 11) is 0. The van der Waals surface area contributed by atoms with Gasteiger partial charge in [-0.3, -0.25) is 4.79 Å². The summed E-state index contributed by atoms with van der Waals surface area (Å²) in [4.78, 5) is 11.5. The van der Waals surface area contributed by atoms with Crippen LogP contribution in [0.15, 0.2) is 18.2 Å². The Morgan fingerprint density at radius 1 is 1.39 bits per heavy atom. The number of anilines is 1. The quantitative estimate of drug-likeness (QED) is 0.884. The number of carbonyl (C=O) groups excluding carboxylic acids is 1. The van der Waals surface area contributed by atoms with E-state index in [1.807, 2.05) is 20.8 Å². The van der Waals surface area contributed by atoms with E-state index in [9.17, 15) is 9.18 Å². The van der Waals surface area contributed by atoms with Gasteiger partial charge in [0, 0.05) is 24.2 Å². The second-order valence-electron chi connectivity index (χ2n) is 5.10. The molecule has 0 bridgehead atoms. The van der Waals surface area contributed by atoms with Crippen molar-refractivity contribution < 1.29 is 9.18 Å². The largest absolute Gasteiger partial charge is 0.384 e. The lowest BCUT2D eigenvalue weighted by atomic mass is 10.1. The van der Waals surface area contributed by atoms with Crippen LogP contribution in [-0.2, 0) is 4.79 Å². The van der Waals surface area contributed by atoms with Crippen LogP contribution in [-0.4, -0.2) is 18.0 Å². The van der Waals surface area contributed by atoms with Crippen molar-refractivity contribution in [3.63, 3.8) is 0 Å². The monoisotopic (exact) mass is 272 g/mol. The van der Waals surface area contributed by atoms with E-state index in [0.29, 0.717) is 18.7 Å². The molecule has 100 valence electrons. The summed E-state index contributed by atoms with van der Waals surface area (Å²) in [5, 5.41) is 5.95. The van der Waals surface area contributed by atoms with Gasteiger partial charge in [0.05, 0.1) is 5.02 Å². The van der Waals surface area contributed by atoms with Gasteiger partial charge < -0.3 is 10.6 Å². The van der Waals surface area contributed by atoms with E-state index in [2.05, 4.69) is 10.6 Å². The number of carbonyl (C=O) groups is 1. The molecule has 2 N–H and O–H groups in total. The molecule has 1 aromatic carbocycles. The second kappa shape index (κ2) is 6.05. The van der Waals surface area contributed by atoms with Gasteiger partial charge in [0.2, 0.25) is 5.91 Å². The van der Waals surface area contributed by atoms with Crippen molar-refractivity contribution in [2.45, 2.75) is 32.7 Å². The summed E-state index contributed by atoms with van der Waals surface area (Å²) < 4.78 is 12.9. The van der Waals surface area contributed by atoms with Crippen LogP contribution in [0.25, 0.3) is 0 Å². The topological polar surface area (TPSA) is 41.1 Å². The zero-order valence-corrected chi connectivity index (χ0v) is 11.6. The van der Waals surface area contributed by atoms with Crippen molar-refractivity contribution in [2.75, 3.05) is 11.9 Å². The van der Waals surface area contributed by atoms with Gasteiger partial charge in [0.25, 0.3) is 0 Å². The molecule has 0 spiro atoms. The highest BCUT2D eigenvalue weighted by atomic mass is 35.5.